The number of aliphatic carboxylic acids is 1. The van der Waals surface area contributed by atoms with Gasteiger partial charge in [0.25, 0.3) is 0 Å². The molecule has 1 amide bonds. The normalized spacial score (nSPS) is 22.9. The summed E-state index contributed by atoms with van der Waals surface area (Å²) in [4.78, 5) is 30.1. The van der Waals surface area contributed by atoms with Crippen molar-refractivity contribution in [3.63, 3.8) is 0 Å². The Morgan fingerprint density at radius 1 is 1.24 bits per heavy atom. The molecular formula is C15H27N5O5. The molecule has 2 fully saturated rings. The molecule has 0 saturated carbocycles. The Morgan fingerprint density at radius 3 is 2.52 bits per heavy atom. The van der Waals surface area contributed by atoms with Crippen molar-refractivity contribution in [2.75, 3.05) is 32.7 Å². The van der Waals surface area contributed by atoms with Gasteiger partial charge < -0.3 is 31.3 Å². The Balaban J connectivity index is 1.73. The number of rotatable bonds is 7. The highest BCUT2D eigenvalue weighted by atomic mass is 16.7. The van der Waals surface area contributed by atoms with E-state index >= 15 is 0 Å². The van der Waals surface area contributed by atoms with Crippen LogP contribution in [0, 0.1) is 0 Å². The van der Waals surface area contributed by atoms with Gasteiger partial charge in [-0.05, 0) is 25.7 Å². The van der Waals surface area contributed by atoms with Crippen LogP contribution >= 0.6 is 0 Å². The van der Waals surface area contributed by atoms with E-state index in [0.29, 0.717) is 45.4 Å². The molecule has 2 aliphatic heterocycles. The van der Waals surface area contributed by atoms with Crippen LogP contribution in [0.3, 0.4) is 0 Å². The van der Waals surface area contributed by atoms with Gasteiger partial charge in [-0.3, -0.25) is 14.6 Å². The second kappa shape index (κ2) is 8.45. The number of piperidine rings is 1. The highest BCUT2D eigenvalue weighted by Crippen LogP contribution is 2.34. The molecule has 0 aromatic carbocycles. The van der Waals surface area contributed by atoms with E-state index in [1.165, 1.54) is 4.90 Å². The predicted molar refractivity (Wildman–Crippen MR) is 89.4 cm³/mol. The number of hydrogen-bond donors (Lipinski definition) is 4. The molecule has 0 aromatic rings. The van der Waals surface area contributed by atoms with Crippen LogP contribution in [0.2, 0.25) is 0 Å². The molecule has 6 N–H and O–H groups in total. The van der Waals surface area contributed by atoms with Gasteiger partial charge in [-0.2, -0.15) is 0 Å². The van der Waals surface area contributed by atoms with Crippen molar-refractivity contribution in [2.24, 2.45) is 16.5 Å². The van der Waals surface area contributed by atoms with Crippen LogP contribution in [-0.4, -0.2) is 82.6 Å². The lowest BCUT2D eigenvalue weighted by Gasteiger charge is -2.38. The predicted octanol–water partition coefficient (Wildman–Crippen LogP) is -1.52. The zero-order valence-corrected chi connectivity index (χ0v) is 14.3. The van der Waals surface area contributed by atoms with Crippen molar-refractivity contribution < 1.29 is 24.5 Å². The number of carboxylic acids is 1. The molecule has 0 aliphatic carbocycles. The second-order valence-corrected chi connectivity index (χ2v) is 6.57. The minimum Gasteiger partial charge on any atom is -0.480 e. The van der Waals surface area contributed by atoms with Crippen LogP contribution in [0.15, 0.2) is 4.99 Å². The number of aliphatic hydroxyl groups excluding tert-OH is 1. The number of likely N-dealkylation sites (tertiary alicyclic amines) is 1. The van der Waals surface area contributed by atoms with Crippen LogP contribution in [0.1, 0.15) is 32.1 Å². The minimum absolute atomic E-state index is 0.0587. The zero-order valence-electron chi connectivity index (χ0n) is 14.3. The number of nitrogens with zero attached hydrogens (tertiary/aromatic N) is 3. The first-order valence-electron chi connectivity index (χ1n) is 8.46. The third-order valence-electron chi connectivity index (χ3n) is 4.62. The molecule has 1 atom stereocenters. The number of carbonyl (C=O) groups is 2. The van der Waals surface area contributed by atoms with Gasteiger partial charge in [0, 0.05) is 32.6 Å². The molecule has 1 unspecified atom stereocenters. The molecule has 2 rings (SSSR count). The zero-order chi connectivity index (χ0) is 18.4. The highest BCUT2D eigenvalue weighted by molar-refractivity contribution is 5.76. The third-order valence-corrected chi connectivity index (χ3v) is 4.62. The maximum absolute atomic E-state index is 12.2. The highest BCUT2D eigenvalue weighted by Gasteiger charge is 2.47. The van der Waals surface area contributed by atoms with E-state index in [1.807, 2.05) is 0 Å². The van der Waals surface area contributed by atoms with Gasteiger partial charge in [0.15, 0.2) is 5.96 Å². The van der Waals surface area contributed by atoms with Gasteiger partial charge in [-0.1, -0.05) is 0 Å². The molecule has 2 heterocycles. The van der Waals surface area contributed by atoms with E-state index in [1.54, 1.807) is 4.90 Å². The van der Waals surface area contributed by atoms with Crippen LogP contribution in [-0.2, 0) is 14.3 Å². The molecule has 2 aliphatic rings. The molecule has 0 bridgehead atoms. The van der Waals surface area contributed by atoms with Gasteiger partial charge in [0.05, 0.1) is 5.60 Å². The van der Waals surface area contributed by atoms with Crippen molar-refractivity contribution >= 4 is 17.8 Å². The molecule has 142 valence electrons. The molecule has 2 saturated heterocycles. The SMILES string of the molecule is NC(N)=NCCCCC(=O)N1CCC2(CC1)CN(CC(=O)O)C(O)O2. The number of hydrogen-bond acceptors (Lipinski definition) is 6. The van der Waals surface area contributed by atoms with E-state index in [2.05, 4.69) is 4.99 Å². The van der Waals surface area contributed by atoms with Crippen molar-refractivity contribution in [2.45, 2.75) is 44.1 Å². The molecule has 1 spiro atoms. The van der Waals surface area contributed by atoms with E-state index in [-0.39, 0.29) is 18.4 Å². The number of unbranched alkanes of at least 4 members (excludes halogenated alkanes) is 1. The summed E-state index contributed by atoms with van der Waals surface area (Å²) in [5, 5.41) is 18.7. The van der Waals surface area contributed by atoms with Crippen molar-refractivity contribution in [3.05, 3.63) is 0 Å². The summed E-state index contributed by atoms with van der Waals surface area (Å²) in [5.41, 5.74) is 9.91. The first-order valence-corrected chi connectivity index (χ1v) is 8.46. The van der Waals surface area contributed by atoms with Gasteiger partial charge in [0.2, 0.25) is 12.3 Å². The first-order chi connectivity index (χ1) is 11.8. The summed E-state index contributed by atoms with van der Waals surface area (Å²) >= 11 is 0. The molecule has 25 heavy (non-hydrogen) atoms. The molecule has 10 heteroatoms. The summed E-state index contributed by atoms with van der Waals surface area (Å²) in [5.74, 6) is -0.864. The lowest BCUT2D eigenvalue weighted by Crippen LogP contribution is -2.48. The maximum Gasteiger partial charge on any atom is 0.317 e. The number of guanidine groups is 1. The number of amides is 1. The van der Waals surface area contributed by atoms with Crippen LogP contribution in [0.5, 0.6) is 0 Å². The largest absolute Gasteiger partial charge is 0.480 e. The fourth-order valence-corrected chi connectivity index (χ4v) is 3.29. The van der Waals surface area contributed by atoms with Crippen molar-refractivity contribution in [3.8, 4) is 0 Å². The average Bonchev–Trinajstić information content (AvgIpc) is 2.82. The van der Waals surface area contributed by atoms with Crippen LogP contribution in [0.25, 0.3) is 0 Å². The van der Waals surface area contributed by atoms with Crippen LogP contribution < -0.4 is 11.5 Å². The Hall–Kier alpha value is -1.91. The molecular weight excluding hydrogens is 330 g/mol. The Morgan fingerprint density at radius 2 is 1.92 bits per heavy atom. The maximum atomic E-state index is 12.2. The first kappa shape index (κ1) is 19.4. The Kier molecular flexibility index (Phi) is 6.57. The van der Waals surface area contributed by atoms with Crippen molar-refractivity contribution in [1.82, 2.24) is 9.80 Å². The molecule has 10 nitrogen and oxygen atoms in total. The fraction of sp³-hybridized carbons (Fsp3) is 0.800. The molecule has 0 radical (unpaired) electrons. The quantitative estimate of drug-likeness (QED) is 0.243. The monoisotopic (exact) mass is 357 g/mol. The topological polar surface area (TPSA) is 155 Å². The Labute approximate surface area is 146 Å². The number of ether oxygens (including phenoxy) is 1. The summed E-state index contributed by atoms with van der Waals surface area (Å²) in [6, 6.07) is 0. The fourth-order valence-electron chi connectivity index (χ4n) is 3.29. The number of carboxylic acid groups (broad SMARTS) is 1. The van der Waals surface area contributed by atoms with Crippen LogP contribution in [0.4, 0.5) is 0 Å². The molecule has 0 aromatic heterocycles. The van der Waals surface area contributed by atoms with Gasteiger partial charge in [0.1, 0.15) is 6.54 Å². The Bertz CT molecular complexity index is 514. The number of aliphatic hydroxyl groups is 1. The summed E-state index contributed by atoms with van der Waals surface area (Å²) in [7, 11) is 0. The number of nitrogens with two attached hydrogens (primary N) is 2. The van der Waals surface area contributed by atoms with E-state index < -0.39 is 18.0 Å². The van der Waals surface area contributed by atoms with E-state index in [4.69, 9.17) is 21.3 Å². The lowest BCUT2D eigenvalue weighted by atomic mass is 9.91. The minimum atomic E-state index is -1.20. The van der Waals surface area contributed by atoms with Gasteiger partial charge >= 0.3 is 5.97 Å². The number of carbonyl (C=O) groups excluding carboxylic acids is 1. The van der Waals surface area contributed by atoms with E-state index in [9.17, 15) is 14.7 Å². The second-order valence-electron chi connectivity index (χ2n) is 6.57. The van der Waals surface area contributed by atoms with E-state index in [0.717, 1.165) is 12.8 Å². The van der Waals surface area contributed by atoms with Gasteiger partial charge in [-0.15, -0.1) is 0 Å². The van der Waals surface area contributed by atoms with Crippen molar-refractivity contribution in [1.29, 1.82) is 0 Å². The standard InChI is InChI=1S/C15H27N5O5/c16-13(17)18-6-2-1-3-11(21)19-7-4-15(5-8-19)10-20(9-12(22)23)14(24)25-15/h14,24H,1-10H2,(H,22,23)(H4,16,17,18). The summed E-state index contributed by atoms with van der Waals surface area (Å²) in [6.07, 6.45) is 1.88. The number of aliphatic imine (C=N–C) groups is 1. The average molecular weight is 357 g/mol. The summed E-state index contributed by atoms with van der Waals surface area (Å²) < 4.78 is 5.61. The summed E-state index contributed by atoms with van der Waals surface area (Å²) in [6.45, 7) is 1.70. The smallest absolute Gasteiger partial charge is 0.317 e. The lowest BCUT2D eigenvalue weighted by molar-refractivity contribution is -0.189. The van der Waals surface area contributed by atoms with Gasteiger partial charge in [-0.25, -0.2) is 4.90 Å². The third kappa shape index (κ3) is 5.55.